The maximum atomic E-state index is 12.5. The van der Waals surface area contributed by atoms with Gasteiger partial charge in [0, 0.05) is 10.7 Å². The van der Waals surface area contributed by atoms with Crippen molar-refractivity contribution in [2.45, 2.75) is 11.8 Å². The second-order valence-electron chi connectivity index (χ2n) is 5.73. The molecule has 0 aliphatic carbocycles. The summed E-state index contributed by atoms with van der Waals surface area (Å²) in [5.74, 6) is -1.23. The highest BCUT2D eigenvalue weighted by atomic mass is 35.5. The molecular formula is C19H16ClNO3S. The molecule has 128 valence electrons. The summed E-state index contributed by atoms with van der Waals surface area (Å²) in [7, 11) is -3.74. The summed E-state index contributed by atoms with van der Waals surface area (Å²) in [5.41, 5.74) is 1.20. The third-order valence-corrected chi connectivity index (χ3v) is 5.97. The molecular weight excluding hydrogens is 358 g/mol. The number of amides is 1. The average Bonchev–Trinajstić information content (AvgIpc) is 2.58. The number of nitrogens with one attached hydrogen (secondary N) is 1. The molecule has 3 aromatic carbocycles. The molecule has 0 aliphatic rings. The van der Waals surface area contributed by atoms with Gasteiger partial charge in [-0.3, -0.25) is 4.79 Å². The highest BCUT2D eigenvalue weighted by Crippen LogP contribution is 2.24. The van der Waals surface area contributed by atoms with Crippen LogP contribution in [0.3, 0.4) is 0 Å². The van der Waals surface area contributed by atoms with E-state index in [0.717, 1.165) is 10.8 Å². The largest absolute Gasteiger partial charge is 0.325 e. The monoisotopic (exact) mass is 373 g/mol. The van der Waals surface area contributed by atoms with Crippen LogP contribution in [0.4, 0.5) is 5.69 Å². The van der Waals surface area contributed by atoms with Gasteiger partial charge < -0.3 is 5.32 Å². The fourth-order valence-corrected chi connectivity index (χ4v) is 3.89. The van der Waals surface area contributed by atoms with E-state index < -0.39 is 21.5 Å². The molecule has 0 saturated carbocycles. The lowest BCUT2D eigenvalue weighted by Crippen LogP contribution is -2.23. The summed E-state index contributed by atoms with van der Waals surface area (Å²) in [4.78, 5) is 12.3. The van der Waals surface area contributed by atoms with E-state index in [1.54, 1.807) is 37.3 Å². The van der Waals surface area contributed by atoms with Crippen LogP contribution >= 0.6 is 11.6 Å². The fourth-order valence-electron chi connectivity index (χ4n) is 2.55. The van der Waals surface area contributed by atoms with E-state index >= 15 is 0 Å². The second kappa shape index (κ2) is 6.86. The van der Waals surface area contributed by atoms with Gasteiger partial charge >= 0.3 is 0 Å². The van der Waals surface area contributed by atoms with Gasteiger partial charge in [-0.1, -0.05) is 48.0 Å². The van der Waals surface area contributed by atoms with Crippen LogP contribution in [0.2, 0.25) is 5.02 Å². The van der Waals surface area contributed by atoms with Crippen molar-refractivity contribution in [3.05, 3.63) is 71.2 Å². The summed E-state index contributed by atoms with van der Waals surface area (Å²) >= 11 is 6.01. The molecule has 4 nitrogen and oxygen atoms in total. The second-order valence-corrected chi connectivity index (χ2v) is 8.13. The summed E-state index contributed by atoms with van der Waals surface area (Å²) in [6, 6.07) is 17.4. The Morgan fingerprint density at radius 1 is 1.00 bits per heavy atom. The van der Waals surface area contributed by atoms with Gasteiger partial charge in [-0.2, -0.15) is 0 Å². The number of carbonyl (C=O) groups is 1. The van der Waals surface area contributed by atoms with Crippen LogP contribution in [0.25, 0.3) is 10.8 Å². The quantitative estimate of drug-likeness (QED) is 0.744. The minimum Gasteiger partial charge on any atom is -0.325 e. The number of halogens is 1. The van der Waals surface area contributed by atoms with Crippen molar-refractivity contribution in [1.82, 2.24) is 0 Å². The minimum absolute atomic E-state index is 0.129. The van der Waals surface area contributed by atoms with Crippen LogP contribution in [0.1, 0.15) is 5.56 Å². The van der Waals surface area contributed by atoms with E-state index in [1.807, 2.05) is 24.3 Å². The lowest BCUT2D eigenvalue weighted by Gasteiger charge is -2.10. The van der Waals surface area contributed by atoms with Gasteiger partial charge in [0.05, 0.1) is 4.90 Å². The number of anilines is 1. The van der Waals surface area contributed by atoms with Crippen LogP contribution < -0.4 is 5.32 Å². The number of benzene rings is 3. The van der Waals surface area contributed by atoms with Crippen molar-refractivity contribution < 1.29 is 13.2 Å². The number of fused-ring (bicyclic) bond motifs is 1. The van der Waals surface area contributed by atoms with E-state index in [9.17, 15) is 13.2 Å². The summed E-state index contributed by atoms with van der Waals surface area (Å²) in [6.07, 6.45) is 0. The van der Waals surface area contributed by atoms with E-state index in [4.69, 9.17) is 11.6 Å². The molecule has 0 bridgehead atoms. The molecule has 0 radical (unpaired) electrons. The van der Waals surface area contributed by atoms with Crippen molar-refractivity contribution in [1.29, 1.82) is 0 Å². The zero-order valence-electron chi connectivity index (χ0n) is 13.5. The standard InChI is InChI=1S/C19H16ClNO3S/c1-13-17(20)7-4-8-18(13)21-19(22)12-25(23,24)16-10-9-14-5-2-3-6-15(14)11-16/h2-11H,12H2,1H3,(H,21,22). The van der Waals surface area contributed by atoms with Crippen molar-refractivity contribution in [3.8, 4) is 0 Å². The Labute approximate surface area is 151 Å². The molecule has 6 heteroatoms. The maximum Gasteiger partial charge on any atom is 0.239 e. The number of carbonyl (C=O) groups excluding carboxylic acids is 1. The smallest absolute Gasteiger partial charge is 0.239 e. The first-order valence-corrected chi connectivity index (χ1v) is 9.66. The molecule has 0 spiro atoms. The zero-order chi connectivity index (χ0) is 18.0. The molecule has 0 aliphatic heterocycles. The van der Waals surface area contributed by atoms with Crippen LogP contribution in [0.15, 0.2) is 65.6 Å². The molecule has 1 N–H and O–H groups in total. The van der Waals surface area contributed by atoms with Crippen molar-refractivity contribution in [2.24, 2.45) is 0 Å². The molecule has 0 atom stereocenters. The summed E-state index contributed by atoms with van der Waals surface area (Å²) < 4.78 is 25.1. The van der Waals surface area contributed by atoms with Crippen molar-refractivity contribution >= 4 is 43.8 Å². The zero-order valence-corrected chi connectivity index (χ0v) is 15.1. The molecule has 1 amide bonds. The van der Waals surface area contributed by atoms with Crippen LogP contribution in [-0.2, 0) is 14.6 Å². The van der Waals surface area contributed by atoms with Crippen molar-refractivity contribution in [2.75, 3.05) is 11.1 Å². The first-order valence-electron chi connectivity index (χ1n) is 7.63. The lowest BCUT2D eigenvalue weighted by atomic mass is 10.1. The van der Waals surface area contributed by atoms with Gasteiger partial charge in [-0.25, -0.2) is 8.42 Å². The SMILES string of the molecule is Cc1c(Cl)cccc1NC(=O)CS(=O)(=O)c1ccc2ccccc2c1. The lowest BCUT2D eigenvalue weighted by molar-refractivity contribution is -0.113. The predicted octanol–water partition coefficient (Wildman–Crippen LogP) is 4.21. The Hall–Kier alpha value is -2.37. The fraction of sp³-hybridized carbons (Fsp3) is 0.105. The highest BCUT2D eigenvalue weighted by molar-refractivity contribution is 7.92. The molecule has 3 rings (SSSR count). The number of hydrogen-bond donors (Lipinski definition) is 1. The topological polar surface area (TPSA) is 63.2 Å². The van der Waals surface area contributed by atoms with Gasteiger partial charge in [0.25, 0.3) is 0 Å². The third kappa shape index (κ3) is 3.83. The molecule has 3 aromatic rings. The molecule has 0 fully saturated rings. The first-order chi connectivity index (χ1) is 11.9. The van der Waals surface area contributed by atoms with E-state index in [0.29, 0.717) is 16.3 Å². The first kappa shape index (κ1) is 17.5. The summed E-state index contributed by atoms with van der Waals surface area (Å²) in [5, 5.41) is 4.88. The minimum atomic E-state index is -3.74. The van der Waals surface area contributed by atoms with E-state index in [2.05, 4.69) is 5.32 Å². The Morgan fingerprint density at radius 3 is 2.48 bits per heavy atom. The number of sulfone groups is 1. The molecule has 0 heterocycles. The molecule has 0 saturated heterocycles. The molecule has 0 unspecified atom stereocenters. The predicted molar refractivity (Wildman–Crippen MR) is 101 cm³/mol. The van der Waals surface area contributed by atoms with E-state index in [1.165, 1.54) is 6.07 Å². The van der Waals surface area contributed by atoms with Gasteiger partial charge in [-0.15, -0.1) is 0 Å². The molecule has 25 heavy (non-hydrogen) atoms. The Bertz CT molecular complexity index is 1060. The Morgan fingerprint density at radius 2 is 1.72 bits per heavy atom. The van der Waals surface area contributed by atoms with E-state index in [-0.39, 0.29) is 4.90 Å². The number of rotatable bonds is 4. The van der Waals surface area contributed by atoms with Gasteiger partial charge in [-0.05, 0) is 47.5 Å². The van der Waals surface area contributed by atoms with Gasteiger partial charge in [0.1, 0.15) is 5.75 Å². The average molecular weight is 374 g/mol. The summed E-state index contributed by atoms with van der Waals surface area (Å²) in [6.45, 7) is 1.76. The van der Waals surface area contributed by atoms with Gasteiger partial charge in [0.2, 0.25) is 5.91 Å². The van der Waals surface area contributed by atoms with Crippen LogP contribution in [-0.4, -0.2) is 20.1 Å². The van der Waals surface area contributed by atoms with Crippen LogP contribution in [0.5, 0.6) is 0 Å². The Kier molecular flexibility index (Phi) is 4.79. The van der Waals surface area contributed by atoms with Gasteiger partial charge in [0.15, 0.2) is 9.84 Å². The van der Waals surface area contributed by atoms with Crippen molar-refractivity contribution in [3.63, 3.8) is 0 Å². The maximum absolute atomic E-state index is 12.5. The normalized spacial score (nSPS) is 11.4. The number of hydrogen-bond acceptors (Lipinski definition) is 3. The third-order valence-electron chi connectivity index (χ3n) is 3.94. The molecule has 0 aromatic heterocycles. The Balaban J connectivity index is 1.82. The van der Waals surface area contributed by atoms with Crippen LogP contribution in [0, 0.1) is 6.92 Å². The highest BCUT2D eigenvalue weighted by Gasteiger charge is 2.20.